The Balaban J connectivity index is 1.89. The Hall–Kier alpha value is -2.75. The molecule has 1 amide bonds. The summed E-state index contributed by atoms with van der Waals surface area (Å²) in [5.74, 6) is -1.88. The SMILES string of the molecule is CC(C)(C)c1cc(-c2cc3c(cc2F)S(=O)(=O)C[C@H](N)C(=O)N3Cc2ccc(Cl)cc2)on1. The number of nitrogens with zero attached hydrogens (tertiary/aromatic N) is 2. The van der Waals surface area contributed by atoms with Gasteiger partial charge in [0.15, 0.2) is 15.6 Å². The van der Waals surface area contributed by atoms with Crippen molar-refractivity contribution >= 4 is 33.0 Å². The van der Waals surface area contributed by atoms with Crippen molar-refractivity contribution in [2.24, 2.45) is 5.73 Å². The van der Waals surface area contributed by atoms with Gasteiger partial charge >= 0.3 is 0 Å². The summed E-state index contributed by atoms with van der Waals surface area (Å²) in [4.78, 5) is 14.1. The van der Waals surface area contributed by atoms with E-state index >= 15 is 4.39 Å². The summed E-state index contributed by atoms with van der Waals surface area (Å²) >= 11 is 5.95. The van der Waals surface area contributed by atoms with Crippen molar-refractivity contribution < 1.29 is 22.1 Å². The van der Waals surface area contributed by atoms with Crippen LogP contribution in [0.15, 0.2) is 51.9 Å². The summed E-state index contributed by atoms with van der Waals surface area (Å²) in [6.45, 7) is 5.83. The average Bonchev–Trinajstić information content (AvgIpc) is 3.21. The molecule has 174 valence electrons. The maximum absolute atomic E-state index is 15.1. The number of hydrogen-bond acceptors (Lipinski definition) is 6. The van der Waals surface area contributed by atoms with Gasteiger partial charge in [-0.3, -0.25) is 4.79 Å². The molecule has 1 atom stereocenters. The van der Waals surface area contributed by atoms with Gasteiger partial charge in [-0.15, -0.1) is 0 Å². The first-order valence-corrected chi connectivity index (χ1v) is 12.2. The lowest BCUT2D eigenvalue weighted by molar-refractivity contribution is -0.119. The Morgan fingerprint density at radius 3 is 2.48 bits per heavy atom. The molecule has 1 aliphatic rings. The van der Waals surface area contributed by atoms with Crippen molar-refractivity contribution in [3.63, 3.8) is 0 Å². The normalized spacial score (nSPS) is 18.2. The first-order chi connectivity index (χ1) is 15.4. The Bertz CT molecular complexity index is 1330. The van der Waals surface area contributed by atoms with E-state index in [0.717, 1.165) is 6.07 Å². The number of carbonyl (C=O) groups is 1. The second kappa shape index (κ2) is 8.23. The van der Waals surface area contributed by atoms with Gasteiger partial charge in [0, 0.05) is 16.5 Å². The lowest BCUT2D eigenvalue weighted by Gasteiger charge is -2.24. The molecule has 0 aliphatic carbocycles. The zero-order valence-electron chi connectivity index (χ0n) is 18.3. The molecule has 7 nitrogen and oxygen atoms in total. The van der Waals surface area contributed by atoms with Gasteiger partial charge in [0.1, 0.15) is 5.82 Å². The predicted molar refractivity (Wildman–Crippen MR) is 123 cm³/mol. The zero-order valence-corrected chi connectivity index (χ0v) is 19.9. The fraction of sp³-hybridized carbons (Fsp3) is 0.304. The minimum Gasteiger partial charge on any atom is -0.356 e. The summed E-state index contributed by atoms with van der Waals surface area (Å²) in [7, 11) is -4.03. The summed E-state index contributed by atoms with van der Waals surface area (Å²) in [5, 5.41) is 4.53. The lowest BCUT2D eigenvalue weighted by Crippen LogP contribution is -2.45. The molecule has 0 spiro atoms. The van der Waals surface area contributed by atoms with E-state index in [9.17, 15) is 13.2 Å². The molecule has 0 fully saturated rings. The highest BCUT2D eigenvalue weighted by atomic mass is 35.5. The van der Waals surface area contributed by atoms with Gasteiger partial charge in [0.05, 0.1) is 40.2 Å². The van der Waals surface area contributed by atoms with Crippen LogP contribution in [0.3, 0.4) is 0 Å². The molecule has 33 heavy (non-hydrogen) atoms. The van der Waals surface area contributed by atoms with Crippen LogP contribution in [-0.2, 0) is 26.6 Å². The average molecular weight is 492 g/mol. The number of anilines is 1. The van der Waals surface area contributed by atoms with Crippen LogP contribution in [0.4, 0.5) is 10.1 Å². The minimum atomic E-state index is -4.03. The molecule has 1 aromatic heterocycles. The lowest BCUT2D eigenvalue weighted by atomic mass is 9.92. The number of sulfone groups is 1. The van der Waals surface area contributed by atoms with Gasteiger partial charge in [-0.2, -0.15) is 0 Å². The summed E-state index contributed by atoms with van der Waals surface area (Å²) in [6, 6.07) is 9.30. The van der Waals surface area contributed by atoms with E-state index in [2.05, 4.69) is 5.16 Å². The molecular weight excluding hydrogens is 469 g/mol. The van der Waals surface area contributed by atoms with Gasteiger partial charge in [-0.25, -0.2) is 12.8 Å². The maximum Gasteiger partial charge on any atom is 0.245 e. The molecule has 2 N–H and O–H groups in total. The Labute approximate surface area is 196 Å². The van der Waals surface area contributed by atoms with E-state index in [0.29, 0.717) is 16.3 Å². The van der Waals surface area contributed by atoms with E-state index in [1.165, 1.54) is 11.0 Å². The second-order valence-corrected chi connectivity index (χ2v) is 11.5. The number of amides is 1. The number of halogens is 2. The number of rotatable bonds is 3. The molecule has 0 bridgehead atoms. The number of benzene rings is 2. The summed E-state index contributed by atoms with van der Waals surface area (Å²) in [6.07, 6.45) is 0. The standard InChI is InChI=1S/C23H23ClFN3O4S/c1-23(2,3)21-10-19(32-27-21)15-8-18-20(9-16(15)25)33(30,31)12-17(26)22(29)28(18)11-13-4-6-14(24)7-5-13/h4-10,17H,11-12,26H2,1-3H3/t17-/m0/s1. The van der Waals surface area contributed by atoms with Crippen LogP contribution in [0, 0.1) is 5.82 Å². The fourth-order valence-electron chi connectivity index (χ4n) is 3.60. The molecule has 2 heterocycles. The van der Waals surface area contributed by atoms with Crippen LogP contribution < -0.4 is 10.6 Å². The number of nitrogens with two attached hydrogens (primary N) is 1. The van der Waals surface area contributed by atoms with Crippen molar-refractivity contribution in [1.29, 1.82) is 0 Å². The molecule has 3 aromatic rings. The van der Waals surface area contributed by atoms with Crippen molar-refractivity contribution in [3.05, 3.63) is 64.6 Å². The molecule has 0 radical (unpaired) electrons. The van der Waals surface area contributed by atoms with E-state index in [1.807, 2.05) is 20.8 Å². The van der Waals surface area contributed by atoms with Crippen molar-refractivity contribution in [2.45, 2.75) is 43.7 Å². The maximum atomic E-state index is 15.1. The largest absolute Gasteiger partial charge is 0.356 e. The summed E-state index contributed by atoms with van der Waals surface area (Å²) in [5.41, 5.74) is 6.93. The van der Waals surface area contributed by atoms with Gasteiger partial charge < -0.3 is 15.2 Å². The van der Waals surface area contributed by atoms with Crippen molar-refractivity contribution in [1.82, 2.24) is 5.16 Å². The van der Waals surface area contributed by atoms with Crippen LogP contribution in [0.25, 0.3) is 11.3 Å². The van der Waals surface area contributed by atoms with E-state index in [1.54, 1.807) is 30.3 Å². The van der Waals surface area contributed by atoms with E-state index < -0.39 is 33.4 Å². The Morgan fingerprint density at radius 1 is 1.21 bits per heavy atom. The van der Waals surface area contributed by atoms with Gasteiger partial charge in [-0.05, 0) is 29.8 Å². The van der Waals surface area contributed by atoms with Crippen LogP contribution >= 0.6 is 11.6 Å². The van der Waals surface area contributed by atoms with Crippen LogP contribution in [0.2, 0.25) is 5.02 Å². The first-order valence-electron chi connectivity index (χ1n) is 10.2. The molecule has 0 saturated carbocycles. The van der Waals surface area contributed by atoms with E-state index in [4.69, 9.17) is 21.9 Å². The quantitative estimate of drug-likeness (QED) is 0.591. The number of hydrogen-bond donors (Lipinski definition) is 1. The van der Waals surface area contributed by atoms with Crippen molar-refractivity contribution in [3.8, 4) is 11.3 Å². The molecule has 4 rings (SSSR count). The van der Waals surface area contributed by atoms with Crippen LogP contribution in [0.5, 0.6) is 0 Å². The third kappa shape index (κ3) is 4.53. The zero-order chi connectivity index (χ0) is 24.1. The van der Waals surface area contributed by atoms with Gasteiger partial charge in [0.25, 0.3) is 0 Å². The first kappa shape index (κ1) is 23.4. The smallest absolute Gasteiger partial charge is 0.245 e. The van der Waals surface area contributed by atoms with Gasteiger partial charge in [-0.1, -0.05) is 49.7 Å². The molecule has 1 aliphatic heterocycles. The number of carbonyl (C=O) groups excluding carboxylic acids is 1. The topological polar surface area (TPSA) is 106 Å². The fourth-order valence-corrected chi connectivity index (χ4v) is 5.29. The highest BCUT2D eigenvalue weighted by Gasteiger charge is 2.37. The molecule has 10 heteroatoms. The Kier molecular flexibility index (Phi) is 5.84. The molecular formula is C23H23ClFN3O4S. The summed E-state index contributed by atoms with van der Waals surface area (Å²) < 4.78 is 46.4. The van der Waals surface area contributed by atoms with Crippen LogP contribution in [-0.4, -0.2) is 31.3 Å². The number of fused-ring (bicyclic) bond motifs is 1. The Morgan fingerprint density at radius 2 is 1.88 bits per heavy atom. The third-order valence-corrected chi connectivity index (χ3v) is 7.50. The predicted octanol–water partition coefficient (Wildman–Crippen LogP) is 4.08. The van der Waals surface area contributed by atoms with E-state index in [-0.39, 0.29) is 33.9 Å². The highest BCUT2D eigenvalue weighted by Crippen LogP contribution is 2.38. The molecule has 0 saturated heterocycles. The second-order valence-electron chi connectivity index (χ2n) is 9.06. The monoisotopic (exact) mass is 491 g/mol. The molecule has 0 unspecified atom stereocenters. The molecule has 2 aromatic carbocycles. The highest BCUT2D eigenvalue weighted by molar-refractivity contribution is 7.91. The third-order valence-electron chi connectivity index (χ3n) is 5.45. The minimum absolute atomic E-state index is 0.00340. The van der Waals surface area contributed by atoms with Gasteiger partial charge in [0.2, 0.25) is 5.91 Å². The van der Waals surface area contributed by atoms with Crippen LogP contribution in [0.1, 0.15) is 32.0 Å². The van der Waals surface area contributed by atoms with Crippen molar-refractivity contribution in [2.75, 3.05) is 10.7 Å². The number of aromatic nitrogens is 1.